The molecule has 0 aromatic carbocycles. The molecule has 2 rings (SSSR count). The monoisotopic (exact) mass is 230 g/mol. The fraction of sp³-hybridized carbons (Fsp3) is 0.625. The van der Waals surface area contributed by atoms with Gasteiger partial charge in [-0.15, -0.1) is 0 Å². The summed E-state index contributed by atoms with van der Waals surface area (Å²) in [6.45, 7) is 3.27. The summed E-state index contributed by atoms with van der Waals surface area (Å²) in [5, 5.41) is 6.33. The molecule has 1 aliphatic rings. The van der Waals surface area contributed by atoms with E-state index in [1.54, 1.807) is 6.92 Å². The largest absolute Gasteiger partial charge is 0.330 e. The van der Waals surface area contributed by atoms with Crippen LogP contribution in [-0.4, -0.2) is 42.6 Å². The number of aromatic amines is 1. The second kappa shape index (κ2) is 3.58. The number of hydrogen-bond donors (Lipinski definition) is 2. The highest BCUT2D eigenvalue weighted by Crippen LogP contribution is 2.25. The van der Waals surface area contributed by atoms with Gasteiger partial charge in [-0.25, -0.2) is 8.42 Å². The predicted octanol–water partition coefficient (Wildman–Crippen LogP) is -0.703. The molecule has 3 N–H and O–H groups in total. The second-order valence-corrected chi connectivity index (χ2v) is 5.69. The summed E-state index contributed by atoms with van der Waals surface area (Å²) in [6.07, 6.45) is 1.35. The summed E-state index contributed by atoms with van der Waals surface area (Å²) in [5.41, 5.74) is 6.02. The molecule has 0 spiro atoms. The minimum atomic E-state index is -3.35. The van der Waals surface area contributed by atoms with Crippen LogP contribution in [0.3, 0.4) is 0 Å². The van der Waals surface area contributed by atoms with Crippen molar-refractivity contribution < 1.29 is 8.42 Å². The number of nitrogens with two attached hydrogens (primary N) is 1. The van der Waals surface area contributed by atoms with Gasteiger partial charge in [0.15, 0.2) is 0 Å². The minimum absolute atomic E-state index is 0.262. The van der Waals surface area contributed by atoms with Crippen LogP contribution < -0.4 is 5.73 Å². The van der Waals surface area contributed by atoms with Crippen LogP contribution in [0.4, 0.5) is 0 Å². The Balaban J connectivity index is 2.19. The number of rotatable bonds is 3. The van der Waals surface area contributed by atoms with Gasteiger partial charge < -0.3 is 5.73 Å². The Morgan fingerprint density at radius 3 is 2.80 bits per heavy atom. The third kappa shape index (κ3) is 1.66. The third-order valence-electron chi connectivity index (χ3n) is 2.66. The molecule has 1 saturated heterocycles. The maximum absolute atomic E-state index is 12.0. The Morgan fingerprint density at radius 2 is 2.33 bits per heavy atom. The van der Waals surface area contributed by atoms with E-state index >= 15 is 0 Å². The van der Waals surface area contributed by atoms with Crippen molar-refractivity contribution in [1.82, 2.24) is 14.5 Å². The van der Waals surface area contributed by atoms with Crippen molar-refractivity contribution in [2.24, 2.45) is 11.7 Å². The van der Waals surface area contributed by atoms with E-state index in [1.165, 1.54) is 10.5 Å². The minimum Gasteiger partial charge on any atom is -0.330 e. The van der Waals surface area contributed by atoms with Crippen LogP contribution in [0.1, 0.15) is 5.69 Å². The first-order chi connectivity index (χ1) is 7.05. The molecule has 15 heavy (non-hydrogen) atoms. The fourth-order valence-electron chi connectivity index (χ4n) is 1.61. The summed E-state index contributed by atoms with van der Waals surface area (Å²) in [7, 11) is -3.35. The first kappa shape index (κ1) is 10.6. The zero-order valence-corrected chi connectivity index (χ0v) is 9.29. The van der Waals surface area contributed by atoms with Gasteiger partial charge in [0.2, 0.25) is 10.0 Å². The molecule has 1 fully saturated rings. The van der Waals surface area contributed by atoms with Crippen LogP contribution in [0.2, 0.25) is 0 Å². The van der Waals surface area contributed by atoms with Gasteiger partial charge in [-0.2, -0.15) is 9.40 Å². The number of hydrogen-bond acceptors (Lipinski definition) is 4. The molecule has 0 saturated carbocycles. The van der Waals surface area contributed by atoms with Crippen LogP contribution in [0.5, 0.6) is 0 Å². The Kier molecular flexibility index (Phi) is 2.53. The molecule has 7 heteroatoms. The van der Waals surface area contributed by atoms with Crippen LogP contribution in [-0.2, 0) is 10.0 Å². The van der Waals surface area contributed by atoms with Crippen molar-refractivity contribution in [3.63, 3.8) is 0 Å². The summed E-state index contributed by atoms with van der Waals surface area (Å²) in [4.78, 5) is 0.262. The maximum atomic E-state index is 12.0. The van der Waals surface area contributed by atoms with Gasteiger partial charge in [0.1, 0.15) is 4.90 Å². The second-order valence-electron chi connectivity index (χ2n) is 3.78. The van der Waals surface area contributed by atoms with Gasteiger partial charge in [0.25, 0.3) is 0 Å². The number of nitrogens with zero attached hydrogens (tertiary/aromatic N) is 2. The number of sulfonamides is 1. The molecule has 6 nitrogen and oxygen atoms in total. The van der Waals surface area contributed by atoms with Crippen molar-refractivity contribution >= 4 is 10.0 Å². The van der Waals surface area contributed by atoms with E-state index in [4.69, 9.17) is 5.73 Å². The highest BCUT2D eigenvalue weighted by atomic mass is 32.2. The maximum Gasteiger partial charge on any atom is 0.246 e. The number of nitrogens with one attached hydrogen (secondary N) is 1. The molecule has 2 heterocycles. The Hall–Kier alpha value is -0.920. The van der Waals surface area contributed by atoms with Crippen LogP contribution >= 0.6 is 0 Å². The van der Waals surface area contributed by atoms with E-state index in [0.717, 1.165) is 0 Å². The Bertz CT molecular complexity index is 447. The van der Waals surface area contributed by atoms with E-state index in [0.29, 0.717) is 31.2 Å². The highest BCUT2D eigenvalue weighted by Gasteiger charge is 2.37. The number of aryl methyl sites for hydroxylation is 1. The highest BCUT2D eigenvalue weighted by molar-refractivity contribution is 7.89. The molecule has 0 aliphatic carbocycles. The van der Waals surface area contributed by atoms with Gasteiger partial charge in [-0.1, -0.05) is 0 Å². The average molecular weight is 230 g/mol. The van der Waals surface area contributed by atoms with Crippen LogP contribution in [0, 0.1) is 12.8 Å². The molecule has 0 unspecified atom stereocenters. The van der Waals surface area contributed by atoms with E-state index in [1.807, 2.05) is 0 Å². The average Bonchev–Trinajstić information content (AvgIpc) is 2.49. The summed E-state index contributed by atoms with van der Waals surface area (Å²) >= 11 is 0. The molecule has 1 aliphatic heterocycles. The van der Waals surface area contributed by atoms with Gasteiger partial charge >= 0.3 is 0 Å². The molecule has 0 bridgehead atoms. The molecule has 1 aromatic heterocycles. The van der Waals surface area contributed by atoms with Crippen molar-refractivity contribution in [1.29, 1.82) is 0 Å². The number of H-pyrrole nitrogens is 1. The first-order valence-corrected chi connectivity index (χ1v) is 6.20. The van der Waals surface area contributed by atoms with E-state index in [2.05, 4.69) is 10.2 Å². The van der Waals surface area contributed by atoms with Gasteiger partial charge in [0, 0.05) is 13.1 Å². The van der Waals surface area contributed by atoms with E-state index < -0.39 is 10.0 Å². The summed E-state index contributed by atoms with van der Waals surface area (Å²) < 4.78 is 25.4. The van der Waals surface area contributed by atoms with Crippen molar-refractivity contribution in [2.75, 3.05) is 19.6 Å². The SMILES string of the molecule is Cc1[nH]ncc1S(=O)(=O)N1CC(CN)C1. The van der Waals surface area contributed by atoms with E-state index in [-0.39, 0.29) is 4.90 Å². The van der Waals surface area contributed by atoms with Gasteiger partial charge in [-0.3, -0.25) is 5.10 Å². The lowest BCUT2D eigenvalue weighted by atomic mass is 10.0. The quantitative estimate of drug-likeness (QED) is 0.718. The van der Waals surface area contributed by atoms with Gasteiger partial charge in [-0.05, 0) is 19.4 Å². The third-order valence-corrected chi connectivity index (χ3v) is 4.60. The number of aromatic nitrogens is 2. The summed E-state index contributed by atoms with van der Waals surface area (Å²) in [5.74, 6) is 0.298. The lowest BCUT2D eigenvalue weighted by Gasteiger charge is -2.37. The molecule has 1 aromatic rings. The zero-order valence-electron chi connectivity index (χ0n) is 8.47. The zero-order chi connectivity index (χ0) is 11.1. The summed E-state index contributed by atoms with van der Waals surface area (Å²) in [6, 6.07) is 0. The van der Waals surface area contributed by atoms with Crippen molar-refractivity contribution in [3.8, 4) is 0 Å². The van der Waals surface area contributed by atoms with Crippen LogP contribution in [0.15, 0.2) is 11.1 Å². The van der Waals surface area contributed by atoms with Crippen LogP contribution in [0.25, 0.3) is 0 Å². The normalized spacial score (nSPS) is 19.1. The topological polar surface area (TPSA) is 92.1 Å². The first-order valence-electron chi connectivity index (χ1n) is 4.76. The molecule has 0 atom stereocenters. The lowest BCUT2D eigenvalue weighted by molar-refractivity contribution is 0.207. The smallest absolute Gasteiger partial charge is 0.246 e. The standard InChI is InChI=1S/C8H14N4O2S/c1-6-8(3-10-11-6)15(13,14)12-4-7(2-9)5-12/h3,7H,2,4-5,9H2,1H3,(H,10,11). The lowest BCUT2D eigenvalue weighted by Crippen LogP contribution is -2.52. The predicted molar refractivity (Wildman–Crippen MR) is 54.6 cm³/mol. The molecule has 0 radical (unpaired) electrons. The Labute approximate surface area is 88.5 Å². The molecule has 84 valence electrons. The van der Waals surface area contributed by atoms with Crippen molar-refractivity contribution in [3.05, 3.63) is 11.9 Å². The van der Waals surface area contributed by atoms with Gasteiger partial charge in [0.05, 0.1) is 11.9 Å². The molecular weight excluding hydrogens is 216 g/mol. The van der Waals surface area contributed by atoms with E-state index in [9.17, 15) is 8.42 Å². The molecule has 0 amide bonds. The molecular formula is C8H14N4O2S. The Morgan fingerprint density at radius 1 is 1.67 bits per heavy atom. The fourth-order valence-corrected chi connectivity index (χ4v) is 3.32. The van der Waals surface area contributed by atoms with Crippen molar-refractivity contribution in [2.45, 2.75) is 11.8 Å².